The van der Waals surface area contributed by atoms with Crippen molar-refractivity contribution in [3.05, 3.63) is 57.6 Å². The summed E-state index contributed by atoms with van der Waals surface area (Å²) in [6.45, 7) is 2.89. The predicted molar refractivity (Wildman–Crippen MR) is 89.8 cm³/mol. The molecule has 0 bridgehead atoms. The second kappa shape index (κ2) is 7.26. The van der Waals surface area contributed by atoms with Crippen molar-refractivity contribution >= 4 is 17.4 Å². The number of rotatable bonds is 5. The lowest BCUT2D eigenvalue weighted by Gasteiger charge is -2.28. The molecule has 0 saturated heterocycles. The first kappa shape index (κ1) is 22.0. The highest BCUT2D eigenvalue weighted by molar-refractivity contribution is 8.00. The summed E-state index contributed by atoms with van der Waals surface area (Å²) in [5, 5.41) is 5.44. The zero-order valence-electron chi connectivity index (χ0n) is 14.3. The maximum atomic E-state index is 13.9. The van der Waals surface area contributed by atoms with Crippen LogP contribution in [0.1, 0.15) is 11.1 Å². The van der Waals surface area contributed by atoms with Crippen molar-refractivity contribution in [1.82, 2.24) is 0 Å². The van der Waals surface area contributed by atoms with Gasteiger partial charge in [-0.15, -0.1) is 0 Å². The first-order chi connectivity index (χ1) is 12.7. The fourth-order valence-electron chi connectivity index (χ4n) is 2.52. The molecular weight excluding hydrogens is 415 g/mol. The van der Waals surface area contributed by atoms with Crippen LogP contribution in [0.4, 0.5) is 36.4 Å². The smallest absolute Gasteiger partial charge is 0.258 e. The average Bonchev–Trinajstić information content (AvgIpc) is 2.52. The molecule has 0 heterocycles. The number of thioether (sulfide) groups is 1. The lowest BCUT2D eigenvalue weighted by molar-refractivity contribution is -0.384. The Balaban J connectivity index is 2.64. The molecule has 0 aliphatic rings. The summed E-state index contributed by atoms with van der Waals surface area (Å²) in [5.74, 6) is -6.28. The van der Waals surface area contributed by atoms with Gasteiger partial charge in [-0.25, -0.2) is 0 Å². The molecular formula is C17H12F7NO2S. The van der Waals surface area contributed by atoms with Gasteiger partial charge in [-0.3, -0.25) is 10.1 Å². The molecule has 28 heavy (non-hydrogen) atoms. The Morgan fingerprint density at radius 1 is 0.964 bits per heavy atom. The minimum absolute atomic E-state index is 0.0420. The van der Waals surface area contributed by atoms with Crippen molar-refractivity contribution in [2.45, 2.75) is 36.1 Å². The monoisotopic (exact) mass is 427 g/mol. The zero-order valence-corrected chi connectivity index (χ0v) is 15.1. The van der Waals surface area contributed by atoms with Gasteiger partial charge in [-0.2, -0.15) is 30.7 Å². The van der Waals surface area contributed by atoms with Gasteiger partial charge in [-0.1, -0.05) is 18.2 Å². The molecule has 0 aliphatic carbocycles. The number of nitro groups is 1. The van der Waals surface area contributed by atoms with E-state index in [9.17, 15) is 40.8 Å². The van der Waals surface area contributed by atoms with Gasteiger partial charge >= 0.3 is 17.4 Å². The first-order valence-corrected chi connectivity index (χ1v) is 8.36. The second-order valence-corrected chi connectivity index (χ2v) is 7.11. The maximum Gasteiger partial charge on any atom is 0.460 e. The number of alkyl halides is 7. The SMILES string of the molecule is Cc1cc(C)c(-c2cccc([N+](=O)[O-])c2)c(SC(F)(F)C(F)(F)C(F)(F)F)c1. The van der Waals surface area contributed by atoms with Gasteiger partial charge in [0.15, 0.2) is 0 Å². The van der Waals surface area contributed by atoms with Crippen molar-refractivity contribution in [3.8, 4) is 11.1 Å². The van der Waals surface area contributed by atoms with Crippen LogP contribution < -0.4 is 0 Å². The summed E-state index contributed by atoms with van der Waals surface area (Å²) in [6.07, 6.45) is -6.45. The fourth-order valence-corrected chi connectivity index (χ4v) is 3.67. The summed E-state index contributed by atoms with van der Waals surface area (Å²) in [5.41, 5.74) is 0.201. The van der Waals surface area contributed by atoms with Crippen LogP contribution in [-0.2, 0) is 0 Å². The molecule has 0 spiro atoms. The van der Waals surface area contributed by atoms with E-state index in [0.29, 0.717) is 5.56 Å². The van der Waals surface area contributed by atoms with E-state index in [1.807, 2.05) is 0 Å². The molecule has 11 heteroatoms. The Hall–Kier alpha value is -2.30. The third-order valence-corrected chi connectivity index (χ3v) is 4.80. The molecule has 2 aromatic rings. The molecule has 152 valence electrons. The van der Waals surface area contributed by atoms with E-state index in [-0.39, 0.29) is 22.4 Å². The van der Waals surface area contributed by atoms with Gasteiger partial charge in [0.2, 0.25) is 0 Å². The largest absolute Gasteiger partial charge is 0.460 e. The third kappa shape index (κ3) is 4.08. The quantitative estimate of drug-likeness (QED) is 0.229. The molecule has 0 aromatic heterocycles. The Morgan fingerprint density at radius 3 is 2.11 bits per heavy atom. The summed E-state index contributed by atoms with van der Waals surface area (Å²) < 4.78 is 91.8. The third-order valence-electron chi connectivity index (χ3n) is 3.75. The lowest BCUT2D eigenvalue weighted by Crippen LogP contribution is -2.49. The summed E-state index contributed by atoms with van der Waals surface area (Å²) >= 11 is -0.929. The van der Waals surface area contributed by atoms with Gasteiger partial charge in [0.1, 0.15) is 0 Å². The molecule has 0 radical (unpaired) electrons. The standard InChI is InChI=1S/C17H12F7NO2S/c1-9-6-10(2)14(11-4-3-5-12(8-11)25(26)27)13(7-9)28-17(23,24)15(18,19)16(20,21)22/h3-8H,1-2H3. The van der Waals surface area contributed by atoms with Crippen LogP contribution in [0.3, 0.4) is 0 Å². The molecule has 0 saturated carbocycles. The Bertz CT molecular complexity index is 913. The Labute approximate surface area is 158 Å². The number of aryl methyl sites for hydroxylation is 2. The first-order valence-electron chi connectivity index (χ1n) is 7.55. The molecule has 2 aromatic carbocycles. The molecule has 3 nitrogen and oxygen atoms in total. The van der Waals surface area contributed by atoms with Crippen LogP contribution in [-0.4, -0.2) is 22.3 Å². The topological polar surface area (TPSA) is 43.1 Å². The highest BCUT2D eigenvalue weighted by Gasteiger charge is 2.73. The number of non-ortho nitro benzene ring substituents is 1. The van der Waals surface area contributed by atoms with Crippen LogP contribution in [0.25, 0.3) is 11.1 Å². The van der Waals surface area contributed by atoms with Crippen LogP contribution in [0.15, 0.2) is 41.3 Å². The maximum absolute atomic E-state index is 13.9. The predicted octanol–water partition coefficient (Wildman–Crippen LogP) is 6.76. The number of nitro benzene ring substituents is 1. The molecule has 0 aliphatic heterocycles. The van der Waals surface area contributed by atoms with E-state index in [0.717, 1.165) is 18.2 Å². The van der Waals surface area contributed by atoms with Crippen molar-refractivity contribution in [2.75, 3.05) is 0 Å². The van der Waals surface area contributed by atoms with E-state index >= 15 is 0 Å². The van der Waals surface area contributed by atoms with Crippen LogP contribution in [0.2, 0.25) is 0 Å². The van der Waals surface area contributed by atoms with Gasteiger partial charge in [-0.05, 0) is 53.9 Å². The average molecular weight is 427 g/mol. The van der Waals surface area contributed by atoms with Gasteiger partial charge in [0.05, 0.1) is 4.92 Å². The van der Waals surface area contributed by atoms with E-state index < -0.39 is 38.9 Å². The Morgan fingerprint density at radius 2 is 1.57 bits per heavy atom. The Kier molecular flexibility index (Phi) is 5.71. The summed E-state index contributed by atoms with van der Waals surface area (Å²) in [6, 6.07) is 7.26. The summed E-state index contributed by atoms with van der Waals surface area (Å²) in [7, 11) is 0. The number of hydrogen-bond acceptors (Lipinski definition) is 3. The highest BCUT2D eigenvalue weighted by atomic mass is 32.2. The van der Waals surface area contributed by atoms with Crippen molar-refractivity contribution in [2.24, 2.45) is 0 Å². The molecule has 0 atom stereocenters. The fraction of sp³-hybridized carbons (Fsp3) is 0.294. The van der Waals surface area contributed by atoms with E-state index in [4.69, 9.17) is 0 Å². The molecule has 2 rings (SSSR count). The molecule has 0 N–H and O–H groups in total. The minimum atomic E-state index is -6.45. The molecule has 0 amide bonds. The van der Waals surface area contributed by atoms with Crippen LogP contribution >= 0.6 is 11.8 Å². The van der Waals surface area contributed by atoms with E-state index in [1.54, 1.807) is 0 Å². The minimum Gasteiger partial charge on any atom is -0.258 e. The lowest BCUT2D eigenvalue weighted by atomic mass is 9.98. The molecule has 0 fully saturated rings. The number of nitrogens with zero attached hydrogens (tertiary/aromatic N) is 1. The van der Waals surface area contributed by atoms with E-state index in [1.165, 1.54) is 32.0 Å². The van der Waals surface area contributed by atoms with Crippen molar-refractivity contribution in [1.29, 1.82) is 0 Å². The van der Waals surface area contributed by atoms with Crippen LogP contribution in [0.5, 0.6) is 0 Å². The number of benzene rings is 2. The van der Waals surface area contributed by atoms with Gasteiger partial charge in [0, 0.05) is 17.0 Å². The number of halogens is 7. The second-order valence-electron chi connectivity index (χ2n) is 5.95. The van der Waals surface area contributed by atoms with Crippen molar-refractivity contribution in [3.63, 3.8) is 0 Å². The molecule has 0 unspecified atom stereocenters. The van der Waals surface area contributed by atoms with E-state index in [2.05, 4.69) is 0 Å². The summed E-state index contributed by atoms with van der Waals surface area (Å²) in [4.78, 5) is 9.64. The zero-order chi connectivity index (χ0) is 21.5. The van der Waals surface area contributed by atoms with Gasteiger partial charge in [0.25, 0.3) is 5.69 Å². The highest BCUT2D eigenvalue weighted by Crippen LogP contribution is 2.55. The number of hydrogen-bond donors (Lipinski definition) is 0. The van der Waals surface area contributed by atoms with Crippen LogP contribution in [0, 0.1) is 24.0 Å². The van der Waals surface area contributed by atoms with Gasteiger partial charge < -0.3 is 0 Å². The van der Waals surface area contributed by atoms with Crippen molar-refractivity contribution < 1.29 is 35.7 Å². The normalized spacial score (nSPS) is 12.9.